The van der Waals surface area contributed by atoms with Crippen LogP contribution in [0.3, 0.4) is 0 Å². The smallest absolute Gasteiger partial charge is 0.176 e. The second kappa shape index (κ2) is 5.80. The first-order valence-corrected chi connectivity index (χ1v) is 7.00. The maximum atomic E-state index is 11.9. The van der Waals surface area contributed by atoms with Crippen molar-refractivity contribution in [3.63, 3.8) is 0 Å². The number of Topliss-reactive ketones (excluding diaryl/α,β-unsaturated/α-hetero) is 1. The van der Waals surface area contributed by atoms with Crippen LogP contribution in [0.25, 0.3) is 0 Å². The Hall–Kier alpha value is -0.150. The minimum atomic E-state index is -0.122. The zero-order valence-corrected chi connectivity index (χ0v) is 12.1. The van der Waals surface area contributed by atoms with E-state index in [2.05, 4.69) is 44.8 Å². The van der Waals surface area contributed by atoms with Crippen molar-refractivity contribution in [1.29, 1.82) is 0 Å². The first kappa shape index (κ1) is 12.9. The van der Waals surface area contributed by atoms with Gasteiger partial charge >= 0.3 is 0 Å². The molecule has 0 saturated carbocycles. The predicted molar refractivity (Wildman–Crippen MR) is 71.2 cm³/mol. The van der Waals surface area contributed by atoms with Crippen LogP contribution in [0.2, 0.25) is 0 Å². The van der Waals surface area contributed by atoms with Gasteiger partial charge in [0.25, 0.3) is 0 Å². The Morgan fingerprint density at radius 2 is 2.13 bits per heavy atom. The minimum absolute atomic E-state index is 0.122. The number of carbonyl (C=O) groups excluding carboxylic acids is 1. The molecule has 1 unspecified atom stereocenters. The Labute approximate surface area is 108 Å². The summed E-state index contributed by atoms with van der Waals surface area (Å²) < 4.78 is 0. The van der Waals surface area contributed by atoms with Gasteiger partial charge in [0.15, 0.2) is 5.78 Å². The third-order valence-corrected chi connectivity index (χ3v) is 3.37. The summed E-state index contributed by atoms with van der Waals surface area (Å²) in [7, 11) is 0. The molecule has 0 radical (unpaired) electrons. The number of carbonyl (C=O) groups is 1. The highest BCUT2D eigenvalue weighted by Crippen LogP contribution is 2.19. The van der Waals surface area contributed by atoms with E-state index >= 15 is 0 Å². The summed E-state index contributed by atoms with van der Waals surface area (Å²) in [6.07, 6.45) is 0.998. The molecule has 0 aliphatic carbocycles. The van der Waals surface area contributed by atoms with E-state index in [1.807, 2.05) is 19.1 Å². The summed E-state index contributed by atoms with van der Waals surface area (Å²) in [5.41, 5.74) is 3.15. The lowest BCUT2D eigenvalue weighted by molar-refractivity contribution is 0.0995. The van der Waals surface area contributed by atoms with E-state index in [0.717, 1.165) is 22.9 Å². The maximum absolute atomic E-state index is 11.9. The molecule has 0 aliphatic rings. The van der Waals surface area contributed by atoms with Crippen LogP contribution in [-0.4, -0.2) is 10.6 Å². The third kappa shape index (κ3) is 3.15. The molecule has 0 fully saturated rings. The number of rotatable bonds is 4. The first-order valence-electron chi connectivity index (χ1n) is 4.96. The van der Waals surface area contributed by atoms with Crippen LogP contribution in [0.1, 0.15) is 35.3 Å². The number of ketones is 1. The lowest BCUT2D eigenvalue weighted by Gasteiger charge is -2.09. The molecule has 0 saturated heterocycles. The van der Waals surface area contributed by atoms with Gasteiger partial charge in [0, 0.05) is 10.9 Å². The molecule has 1 rings (SSSR count). The number of benzene rings is 1. The van der Waals surface area contributed by atoms with Crippen LogP contribution >= 0.6 is 31.9 Å². The van der Waals surface area contributed by atoms with E-state index in [0.29, 0.717) is 0 Å². The van der Waals surface area contributed by atoms with Gasteiger partial charge in [0.1, 0.15) is 0 Å². The van der Waals surface area contributed by atoms with E-state index in [1.54, 1.807) is 0 Å². The van der Waals surface area contributed by atoms with Crippen molar-refractivity contribution >= 4 is 37.6 Å². The van der Waals surface area contributed by atoms with Crippen molar-refractivity contribution in [3.8, 4) is 0 Å². The van der Waals surface area contributed by atoms with Gasteiger partial charge in [0.2, 0.25) is 0 Å². The van der Waals surface area contributed by atoms with Crippen LogP contribution < -0.4 is 0 Å². The SMILES string of the molecule is CCc1ccc(C(=O)C(C)Br)c(CBr)c1. The number of halogens is 2. The van der Waals surface area contributed by atoms with Gasteiger partial charge in [-0.05, 0) is 24.5 Å². The first-order chi connectivity index (χ1) is 7.10. The molecule has 0 spiro atoms. The van der Waals surface area contributed by atoms with E-state index in [9.17, 15) is 4.79 Å². The third-order valence-electron chi connectivity index (χ3n) is 2.35. The zero-order valence-electron chi connectivity index (χ0n) is 8.89. The Balaban J connectivity index is 3.13. The molecule has 15 heavy (non-hydrogen) atoms. The van der Waals surface area contributed by atoms with Gasteiger partial charge in [-0.15, -0.1) is 0 Å². The monoisotopic (exact) mass is 332 g/mol. The summed E-state index contributed by atoms with van der Waals surface area (Å²) >= 11 is 6.73. The average molecular weight is 334 g/mol. The van der Waals surface area contributed by atoms with Crippen LogP contribution in [0.5, 0.6) is 0 Å². The van der Waals surface area contributed by atoms with Gasteiger partial charge in [-0.2, -0.15) is 0 Å². The quantitative estimate of drug-likeness (QED) is 0.598. The minimum Gasteiger partial charge on any atom is -0.293 e. The predicted octanol–water partition coefficient (Wildman–Crippen LogP) is 4.11. The zero-order chi connectivity index (χ0) is 11.4. The lowest BCUT2D eigenvalue weighted by atomic mass is 9.99. The molecule has 1 nitrogen and oxygen atoms in total. The standard InChI is InChI=1S/C12H14Br2O/c1-3-9-4-5-11(10(6-9)7-13)12(15)8(2)14/h4-6,8H,3,7H2,1-2H3. The van der Waals surface area contributed by atoms with Crippen LogP contribution in [0, 0.1) is 0 Å². The summed E-state index contributed by atoms with van der Waals surface area (Å²) in [6, 6.07) is 6.04. The molecule has 1 atom stereocenters. The van der Waals surface area contributed by atoms with Gasteiger partial charge in [-0.1, -0.05) is 57.0 Å². The van der Waals surface area contributed by atoms with Crippen LogP contribution in [0.4, 0.5) is 0 Å². The van der Waals surface area contributed by atoms with E-state index in [4.69, 9.17) is 0 Å². The highest BCUT2D eigenvalue weighted by atomic mass is 79.9. The number of alkyl halides is 2. The second-order valence-electron chi connectivity index (χ2n) is 3.46. The fraction of sp³-hybridized carbons (Fsp3) is 0.417. The molecule has 0 N–H and O–H groups in total. The highest BCUT2D eigenvalue weighted by molar-refractivity contribution is 9.10. The fourth-order valence-corrected chi connectivity index (χ4v) is 2.14. The molecule has 3 heteroatoms. The summed E-state index contributed by atoms with van der Waals surface area (Å²) in [5, 5.41) is 0.724. The Kier molecular flexibility index (Phi) is 5.00. The molecule has 1 aromatic carbocycles. The van der Waals surface area contributed by atoms with Crippen molar-refractivity contribution in [2.45, 2.75) is 30.4 Å². The van der Waals surface area contributed by atoms with Crippen molar-refractivity contribution < 1.29 is 4.79 Å². The van der Waals surface area contributed by atoms with Crippen molar-refractivity contribution in [2.75, 3.05) is 0 Å². The molecule has 0 aromatic heterocycles. The van der Waals surface area contributed by atoms with Crippen LogP contribution in [0.15, 0.2) is 18.2 Å². The van der Waals surface area contributed by atoms with Crippen LogP contribution in [-0.2, 0) is 11.8 Å². The van der Waals surface area contributed by atoms with Gasteiger partial charge in [0.05, 0.1) is 4.83 Å². The number of hydrogen-bond donors (Lipinski definition) is 0. The Bertz CT molecular complexity index is 359. The fourth-order valence-electron chi connectivity index (χ4n) is 1.43. The molecule has 82 valence electrons. The molecule has 1 aromatic rings. The van der Waals surface area contributed by atoms with E-state index in [1.165, 1.54) is 5.56 Å². The molecular formula is C12H14Br2O. The van der Waals surface area contributed by atoms with Gasteiger partial charge < -0.3 is 0 Å². The van der Waals surface area contributed by atoms with Crippen molar-refractivity contribution in [2.24, 2.45) is 0 Å². The molecule has 0 aliphatic heterocycles. The van der Waals surface area contributed by atoms with E-state index in [-0.39, 0.29) is 10.6 Å². The Morgan fingerprint density at radius 1 is 1.47 bits per heavy atom. The molecule has 0 heterocycles. The number of aryl methyl sites for hydroxylation is 1. The molecule has 0 amide bonds. The van der Waals surface area contributed by atoms with Gasteiger partial charge in [-0.25, -0.2) is 0 Å². The number of hydrogen-bond acceptors (Lipinski definition) is 1. The largest absolute Gasteiger partial charge is 0.293 e. The highest BCUT2D eigenvalue weighted by Gasteiger charge is 2.15. The summed E-state index contributed by atoms with van der Waals surface area (Å²) in [4.78, 5) is 11.7. The van der Waals surface area contributed by atoms with Crippen molar-refractivity contribution in [1.82, 2.24) is 0 Å². The normalized spacial score (nSPS) is 12.5. The van der Waals surface area contributed by atoms with E-state index < -0.39 is 0 Å². The molecule has 0 bridgehead atoms. The summed E-state index contributed by atoms with van der Waals surface area (Å²) in [5.74, 6) is 0.145. The lowest BCUT2D eigenvalue weighted by Crippen LogP contribution is -2.12. The average Bonchev–Trinajstić information content (AvgIpc) is 2.27. The Morgan fingerprint density at radius 3 is 2.60 bits per heavy atom. The molecular weight excluding hydrogens is 320 g/mol. The summed E-state index contributed by atoms with van der Waals surface area (Å²) in [6.45, 7) is 3.97. The van der Waals surface area contributed by atoms with Crippen molar-refractivity contribution in [3.05, 3.63) is 34.9 Å². The topological polar surface area (TPSA) is 17.1 Å². The second-order valence-corrected chi connectivity index (χ2v) is 5.39. The van der Waals surface area contributed by atoms with Gasteiger partial charge in [-0.3, -0.25) is 4.79 Å². The maximum Gasteiger partial charge on any atom is 0.176 e.